The minimum Gasteiger partial charge on any atom is -0.342 e. The Morgan fingerprint density at radius 1 is 1.00 bits per heavy atom. The molecule has 3 saturated heterocycles. The molecule has 3 aliphatic rings. The van der Waals surface area contributed by atoms with E-state index < -0.39 is 0 Å². The summed E-state index contributed by atoms with van der Waals surface area (Å²) in [6.07, 6.45) is 8.96. The molecule has 3 aliphatic heterocycles. The predicted octanol–water partition coefficient (Wildman–Crippen LogP) is 1.46. The third-order valence-corrected chi connectivity index (χ3v) is 5.24. The molecule has 0 bridgehead atoms. The lowest BCUT2D eigenvalue weighted by molar-refractivity contribution is -0.132. The van der Waals surface area contributed by atoms with Crippen molar-refractivity contribution in [2.24, 2.45) is 5.92 Å². The molecule has 3 fully saturated rings. The lowest BCUT2D eigenvalue weighted by Gasteiger charge is -2.27. The number of amides is 1. The second kappa shape index (κ2) is 6.90. The number of fused-ring (bicyclic) bond motifs is 1. The quantitative estimate of drug-likeness (QED) is 0.831. The van der Waals surface area contributed by atoms with Gasteiger partial charge in [-0.25, -0.2) is 0 Å². The molecule has 20 heavy (non-hydrogen) atoms. The lowest BCUT2D eigenvalue weighted by atomic mass is 9.94. The monoisotopic (exact) mass is 279 g/mol. The van der Waals surface area contributed by atoms with Crippen LogP contribution in [0.25, 0.3) is 0 Å². The fourth-order valence-corrected chi connectivity index (χ4v) is 4.05. The van der Waals surface area contributed by atoms with E-state index in [-0.39, 0.29) is 0 Å². The molecule has 0 aromatic carbocycles. The van der Waals surface area contributed by atoms with Gasteiger partial charge in [0.1, 0.15) is 0 Å². The SMILES string of the molecule is O=C(CN1C[C@@H]2CCCN[C@@H]2C1)N1CCCCCCC1. The smallest absolute Gasteiger partial charge is 0.236 e. The molecule has 0 saturated carbocycles. The molecule has 3 heterocycles. The van der Waals surface area contributed by atoms with E-state index >= 15 is 0 Å². The largest absolute Gasteiger partial charge is 0.342 e. The van der Waals surface area contributed by atoms with Crippen molar-refractivity contribution in [2.45, 2.75) is 51.0 Å². The van der Waals surface area contributed by atoms with Crippen LogP contribution >= 0.6 is 0 Å². The zero-order valence-corrected chi connectivity index (χ0v) is 12.6. The molecule has 0 aromatic rings. The first-order valence-corrected chi connectivity index (χ1v) is 8.56. The highest BCUT2D eigenvalue weighted by molar-refractivity contribution is 5.78. The standard InChI is InChI=1S/C16H29N3O/c20-16(19-9-4-2-1-3-5-10-19)13-18-11-14-7-6-8-17-15(14)12-18/h14-15,17H,1-13H2/t14-,15+/m0/s1. The van der Waals surface area contributed by atoms with Gasteiger partial charge in [-0.3, -0.25) is 9.69 Å². The molecular weight excluding hydrogens is 250 g/mol. The number of hydrogen-bond acceptors (Lipinski definition) is 3. The van der Waals surface area contributed by atoms with Gasteiger partial charge in [-0.1, -0.05) is 19.3 Å². The van der Waals surface area contributed by atoms with Gasteiger partial charge in [-0.05, 0) is 38.1 Å². The van der Waals surface area contributed by atoms with Crippen molar-refractivity contribution in [1.29, 1.82) is 0 Å². The average Bonchev–Trinajstić information content (AvgIpc) is 2.80. The number of nitrogens with zero attached hydrogens (tertiary/aromatic N) is 2. The Hall–Kier alpha value is -0.610. The summed E-state index contributed by atoms with van der Waals surface area (Å²) in [5.74, 6) is 1.15. The van der Waals surface area contributed by atoms with E-state index in [1.807, 2.05) is 0 Å². The Labute approximate surface area is 122 Å². The van der Waals surface area contributed by atoms with Crippen LogP contribution in [0.4, 0.5) is 0 Å². The van der Waals surface area contributed by atoms with Crippen LogP contribution in [0.15, 0.2) is 0 Å². The molecule has 1 N–H and O–H groups in total. The van der Waals surface area contributed by atoms with Crippen LogP contribution in [0.1, 0.15) is 44.9 Å². The van der Waals surface area contributed by atoms with Crippen molar-refractivity contribution < 1.29 is 4.79 Å². The summed E-state index contributed by atoms with van der Waals surface area (Å²) in [6, 6.07) is 0.642. The minimum absolute atomic E-state index is 0.366. The first-order chi connectivity index (χ1) is 9.83. The van der Waals surface area contributed by atoms with E-state index in [0.717, 1.165) is 38.6 Å². The molecule has 1 amide bonds. The molecular formula is C16H29N3O. The molecule has 4 nitrogen and oxygen atoms in total. The summed E-state index contributed by atoms with van der Waals surface area (Å²) in [5.41, 5.74) is 0. The van der Waals surface area contributed by atoms with Gasteiger partial charge >= 0.3 is 0 Å². The van der Waals surface area contributed by atoms with Crippen molar-refractivity contribution in [2.75, 3.05) is 39.3 Å². The number of likely N-dealkylation sites (tertiary alicyclic amines) is 2. The van der Waals surface area contributed by atoms with Gasteiger partial charge in [-0.15, -0.1) is 0 Å². The fraction of sp³-hybridized carbons (Fsp3) is 0.938. The zero-order chi connectivity index (χ0) is 13.8. The van der Waals surface area contributed by atoms with Crippen molar-refractivity contribution in [1.82, 2.24) is 15.1 Å². The van der Waals surface area contributed by atoms with Crippen LogP contribution in [0, 0.1) is 5.92 Å². The highest BCUT2D eigenvalue weighted by atomic mass is 16.2. The van der Waals surface area contributed by atoms with Gasteiger partial charge in [0.05, 0.1) is 6.54 Å². The Bertz CT molecular complexity index is 312. The van der Waals surface area contributed by atoms with Crippen molar-refractivity contribution in [3.05, 3.63) is 0 Å². The van der Waals surface area contributed by atoms with E-state index in [4.69, 9.17) is 0 Å². The molecule has 0 aromatic heterocycles. The highest BCUT2D eigenvalue weighted by Gasteiger charge is 2.35. The van der Waals surface area contributed by atoms with Gasteiger partial charge in [-0.2, -0.15) is 0 Å². The second-order valence-corrected chi connectivity index (χ2v) is 6.81. The molecule has 0 radical (unpaired) electrons. The van der Waals surface area contributed by atoms with Crippen molar-refractivity contribution >= 4 is 5.91 Å². The summed E-state index contributed by atoms with van der Waals surface area (Å²) < 4.78 is 0. The van der Waals surface area contributed by atoms with E-state index in [9.17, 15) is 4.79 Å². The first kappa shape index (κ1) is 14.3. The Kier molecular flexibility index (Phi) is 4.94. The maximum Gasteiger partial charge on any atom is 0.236 e. The molecule has 0 spiro atoms. The van der Waals surface area contributed by atoms with E-state index in [2.05, 4.69) is 15.1 Å². The zero-order valence-electron chi connectivity index (χ0n) is 12.6. The van der Waals surface area contributed by atoms with Gasteiger partial charge < -0.3 is 10.2 Å². The number of rotatable bonds is 2. The van der Waals surface area contributed by atoms with E-state index in [1.54, 1.807) is 0 Å². The molecule has 2 atom stereocenters. The molecule has 0 aliphatic carbocycles. The molecule has 114 valence electrons. The Balaban J connectivity index is 1.48. The van der Waals surface area contributed by atoms with Gasteiger partial charge in [0.2, 0.25) is 5.91 Å². The third-order valence-electron chi connectivity index (χ3n) is 5.24. The maximum atomic E-state index is 12.5. The maximum absolute atomic E-state index is 12.5. The third kappa shape index (κ3) is 3.53. The summed E-state index contributed by atoms with van der Waals surface area (Å²) in [5, 5.41) is 3.62. The number of piperidine rings is 1. The van der Waals surface area contributed by atoms with Crippen LogP contribution in [0.2, 0.25) is 0 Å². The highest BCUT2D eigenvalue weighted by Crippen LogP contribution is 2.24. The number of carbonyl (C=O) groups is 1. The van der Waals surface area contributed by atoms with E-state index in [1.165, 1.54) is 44.9 Å². The van der Waals surface area contributed by atoms with Gasteiger partial charge in [0.15, 0.2) is 0 Å². The van der Waals surface area contributed by atoms with Crippen LogP contribution in [0.5, 0.6) is 0 Å². The van der Waals surface area contributed by atoms with Gasteiger partial charge in [0, 0.05) is 32.2 Å². The molecule has 3 rings (SSSR count). The van der Waals surface area contributed by atoms with Crippen LogP contribution in [-0.2, 0) is 4.79 Å². The van der Waals surface area contributed by atoms with Crippen LogP contribution < -0.4 is 5.32 Å². The normalized spacial score (nSPS) is 32.5. The summed E-state index contributed by atoms with van der Waals surface area (Å²) in [7, 11) is 0. The number of nitrogens with one attached hydrogen (secondary N) is 1. The second-order valence-electron chi connectivity index (χ2n) is 6.81. The summed E-state index contributed by atoms with van der Waals surface area (Å²) >= 11 is 0. The number of hydrogen-bond donors (Lipinski definition) is 1. The molecule has 0 unspecified atom stereocenters. The van der Waals surface area contributed by atoms with E-state index in [0.29, 0.717) is 18.5 Å². The minimum atomic E-state index is 0.366. The average molecular weight is 279 g/mol. The molecule has 4 heteroatoms. The van der Waals surface area contributed by atoms with Crippen molar-refractivity contribution in [3.63, 3.8) is 0 Å². The van der Waals surface area contributed by atoms with Crippen LogP contribution in [-0.4, -0.2) is 61.0 Å². The predicted molar refractivity (Wildman–Crippen MR) is 80.6 cm³/mol. The van der Waals surface area contributed by atoms with Gasteiger partial charge in [0.25, 0.3) is 0 Å². The topological polar surface area (TPSA) is 35.6 Å². The Morgan fingerprint density at radius 2 is 1.75 bits per heavy atom. The Morgan fingerprint density at radius 3 is 2.50 bits per heavy atom. The first-order valence-electron chi connectivity index (χ1n) is 8.56. The number of carbonyl (C=O) groups excluding carboxylic acids is 1. The summed E-state index contributed by atoms with van der Waals surface area (Å²) in [4.78, 5) is 17.0. The summed E-state index contributed by atoms with van der Waals surface area (Å²) in [6.45, 7) is 5.97. The van der Waals surface area contributed by atoms with Crippen LogP contribution in [0.3, 0.4) is 0 Å². The lowest BCUT2D eigenvalue weighted by Crippen LogP contribution is -2.42. The van der Waals surface area contributed by atoms with Crippen molar-refractivity contribution in [3.8, 4) is 0 Å². The fourth-order valence-electron chi connectivity index (χ4n) is 4.05.